The second kappa shape index (κ2) is 5.96. The van der Waals surface area contributed by atoms with Gasteiger partial charge in [-0.15, -0.1) is 0 Å². The van der Waals surface area contributed by atoms with E-state index in [9.17, 15) is 0 Å². The normalized spacial score (nSPS) is 17.6. The molecule has 2 aromatic rings. The van der Waals surface area contributed by atoms with E-state index < -0.39 is 0 Å². The van der Waals surface area contributed by atoms with Crippen LogP contribution in [0.15, 0.2) is 42.6 Å². The maximum absolute atomic E-state index is 6.07. The first-order valence-electron chi connectivity index (χ1n) is 7.55. The Morgan fingerprint density at radius 2 is 1.71 bits per heavy atom. The van der Waals surface area contributed by atoms with Gasteiger partial charge in [-0.25, -0.2) is 0 Å². The number of benzene rings is 1. The third-order valence-electron chi connectivity index (χ3n) is 4.58. The van der Waals surface area contributed by atoms with Crippen molar-refractivity contribution >= 4 is 0 Å². The first-order chi connectivity index (χ1) is 10.2. The van der Waals surface area contributed by atoms with Crippen LogP contribution in [0.3, 0.4) is 0 Å². The SMILES string of the molecule is Cc1ccc(-c2ccc(C3(CN)CCOCC3)cc2)cn1. The monoisotopic (exact) mass is 282 g/mol. The standard InChI is InChI=1S/C18H22N2O/c1-14-2-3-16(12-20-14)15-4-6-17(7-5-15)18(13-19)8-10-21-11-9-18/h2-7,12H,8-11,13,19H2,1H3. The van der Waals surface area contributed by atoms with Gasteiger partial charge in [0.2, 0.25) is 0 Å². The minimum absolute atomic E-state index is 0.0856. The lowest BCUT2D eigenvalue weighted by Crippen LogP contribution is -2.40. The van der Waals surface area contributed by atoms with Gasteiger partial charge in [0.05, 0.1) is 0 Å². The molecule has 3 heteroatoms. The highest BCUT2D eigenvalue weighted by Gasteiger charge is 2.32. The summed E-state index contributed by atoms with van der Waals surface area (Å²) in [5, 5.41) is 0. The molecule has 0 amide bonds. The first kappa shape index (κ1) is 14.2. The Kier molecular flexibility index (Phi) is 4.04. The molecule has 1 aliphatic rings. The van der Waals surface area contributed by atoms with E-state index in [1.165, 1.54) is 11.1 Å². The minimum atomic E-state index is 0.0856. The molecule has 0 aliphatic carbocycles. The topological polar surface area (TPSA) is 48.1 Å². The summed E-state index contributed by atoms with van der Waals surface area (Å²) in [4.78, 5) is 4.36. The van der Waals surface area contributed by atoms with Gasteiger partial charge in [-0.3, -0.25) is 4.98 Å². The zero-order valence-corrected chi connectivity index (χ0v) is 12.5. The highest BCUT2D eigenvalue weighted by atomic mass is 16.5. The van der Waals surface area contributed by atoms with Gasteiger partial charge in [0.25, 0.3) is 0 Å². The number of aryl methyl sites for hydroxylation is 1. The van der Waals surface area contributed by atoms with Crippen LogP contribution in [0.1, 0.15) is 24.1 Å². The van der Waals surface area contributed by atoms with Crippen molar-refractivity contribution in [3.05, 3.63) is 53.9 Å². The third kappa shape index (κ3) is 2.85. The van der Waals surface area contributed by atoms with Gasteiger partial charge >= 0.3 is 0 Å². The predicted molar refractivity (Wildman–Crippen MR) is 85.2 cm³/mol. The van der Waals surface area contributed by atoms with Gasteiger partial charge in [0, 0.05) is 42.6 Å². The van der Waals surface area contributed by atoms with E-state index in [2.05, 4.69) is 35.3 Å². The van der Waals surface area contributed by atoms with Gasteiger partial charge < -0.3 is 10.5 Å². The minimum Gasteiger partial charge on any atom is -0.381 e. The van der Waals surface area contributed by atoms with Crippen LogP contribution in [0.5, 0.6) is 0 Å². The summed E-state index contributed by atoms with van der Waals surface area (Å²) in [6.45, 7) is 4.30. The average molecular weight is 282 g/mol. The zero-order valence-electron chi connectivity index (χ0n) is 12.5. The maximum atomic E-state index is 6.07. The molecule has 1 saturated heterocycles. The molecule has 0 unspecified atom stereocenters. The summed E-state index contributed by atoms with van der Waals surface area (Å²) >= 11 is 0. The van der Waals surface area contributed by atoms with Crippen molar-refractivity contribution in [1.82, 2.24) is 4.98 Å². The van der Waals surface area contributed by atoms with Gasteiger partial charge in [0.1, 0.15) is 0 Å². The fraction of sp³-hybridized carbons (Fsp3) is 0.389. The summed E-state index contributed by atoms with van der Waals surface area (Å²) in [5.41, 5.74) is 10.9. The highest BCUT2D eigenvalue weighted by Crippen LogP contribution is 2.34. The van der Waals surface area contributed by atoms with E-state index in [1.807, 2.05) is 19.2 Å². The Bertz CT molecular complexity index is 584. The number of hydrogen-bond donors (Lipinski definition) is 1. The number of ether oxygens (including phenoxy) is 1. The summed E-state index contributed by atoms with van der Waals surface area (Å²) in [6.07, 6.45) is 3.95. The Balaban J connectivity index is 1.88. The van der Waals surface area contributed by atoms with Crippen molar-refractivity contribution in [1.29, 1.82) is 0 Å². The van der Waals surface area contributed by atoms with E-state index in [0.29, 0.717) is 6.54 Å². The van der Waals surface area contributed by atoms with Crippen LogP contribution in [0.2, 0.25) is 0 Å². The fourth-order valence-corrected chi connectivity index (χ4v) is 3.03. The second-order valence-corrected chi connectivity index (χ2v) is 5.86. The van der Waals surface area contributed by atoms with Gasteiger partial charge in [-0.2, -0.15) is 0 Å². The zero-order chi connectivity index (χ0) is 14.7. The maximum Gasteiger partial charge on any atom is 0.0475 e. The van der Waals surface area contributed by atoms with Gasteiger partial charge in [-0.1, -0.05) is 30.3 Å². The molecule has 0 saturated carbocycles. The molecular weight excluding hydrogens is 260 g/mol. The van der Waals surface area contributed by atoms with Crippen molar-refractivity contribution in [2.45, 2.75) is 25.2 Å². The van der Waals surface area contributed by atoms with E-state index in [1.54, 1.807) is 0 Å². The molecule has 1 aromatic heterocycles. The van der Waals surface area contributed by atoms with Crippen LogP contribution < -0.4 is 5.73 Å². The van der Waals surface area contributed by atoms with Crippen molar-refractivity contribution in [3.8, 4) is 11.1 Å². The van der Waals surface area contributed by atoms with Crippen LogP contribution in [-0.4, -0.2) is 24.7 Å². The van der Waals surface area contributed by atoms with E-state index in [-0.39, 0.29) is 5.41 Å². The molecule has 0 atom stereocenters. The summed E-state index contributed by atoms with van der Waals surface area (Å²) in [5.74, 6) is 0. The van der Waals surface area contributed by atoms with Crippen LogP contribution in [0, 0.1) is 6.92 Å². The lowest BCUT2D eigenvalue weighted by Gasteiger charge is -2.36. The fourth-order valence-electron chi connectivity index (χ4n) is 3.03. The molecule has 3 nitrogen and oxygen atoms in total. The first-order valence-corrected chi connectivity index (χ1v) is 7.55. The second-order valence-electron chi connectivity index (χ2n) is 5.86. The van der Waals surface area contributed by atoms with E-state index in [4.69, 9.17) is 10.5 Å². The smallest absolute Gasteiger partial charge is 0.0475 e. The van der Waals surface area contributed by atoms with Crippen LogP contribution >= 0.6 is 0 Å². The van der Waals surface area contributed by atoms with E-state index >= 15 is 0 Å². The molecule has 2 heterocycles. The average Bonchev–Trinajstić information content (AvgIpc) is 2.56. The van der Waals surface area contributed by atoms with Gasteiger partial charge in [-0.05, 0) is 37.0 Å². The number of nitrogens with two attached hydrogens (primary N) is 1. The summed E-state index contributed by atoms with van der Waals surface area (Å²) < 4.78 is 5.49. The quantitative estimate of drug-likeness (QED) is 0.941. The number of pyridine rings is 1. The van der Waals surface area contributed by atoms with Crippen LogP contribution in [0.25, 0.3) is 11.1 Å². The Labute approximate surface area is 126 Å². The molecule has 0 spiro atoms. The van der Waals surface area contributed by atoms with Gasteiger partial charge in [0.15, 0.2) is 0 Å². The Hall–Kier alpha value is -1.71. The third-order valence-corrected chi connectivity index (χ3v) is 4.58. The lowest BCUT2D eigenvalue weighted by molar-refractivity contribution is 0.0530. The van der Waals surface area contributed by atoms with E-state index in [0.717, 1.165) is 37.3 Å². The van der Waals surface area contributed by atoms with Crippen molar-refractivity contribution < 1.29 is 4.74 Å². The molecular formula is C18H22N2O. The van der Waals surface area contributed by atoms with Crippen molar-refractivity contribution in [2.24, 2.45) is 5.73 Å². The lowest BCUT2D eigenvalue weighted by atomic mass is 9.74. The predicted octanol–water partition coefficient (Wildman–Crippen LogP) is 3.06. The molecule has 21 heavy (non-hydrogen) atoms. The Morgan fingerprint density at radius 1 is 1.05 bits per heavy atom. The molecule has 0 bridgehead atoms. The summed E-state index contributed by atoms with van der Waals surface area (Å²) in [6, 6.07) is 12.9. The molecule has 2 N–H and O–H groups in total. The molecule has 110 valence electrons. The molecule has 1 aliphatic heterocycles. The number of rotatable bonds is 3. The largest absolute Gasteiger partial charge is 0.381 e. The van der Waals surface area contributed by atoms with Crippen molar-refractivity contribution in [2.75, 3.05) is 19.8 Å². The number of hydrogen-bond acceptors (Lipinski definition) is 3. The van der Waals surface area contributed by atoms with Crippen molar-refractivity contribution in [3.63, 3.8) is 0 Å². The molecule has 1 aromatic carbocycles. The Morgan fingerprint density at radius 3 is 2.29 bits per heavy atom. The van der Waals surface area contributed by atoms with Crippen LogP contribution in [-0.2, 0) is 10.2 Å². The highest BCUT2D eigenvalue weighted by molar-refractivity contribution is 5.63. The number of nitrogens with zero attached hydrogens (tertiary/aromatic N) is 1. The number of aromatic nitrogens is 1. The molecule has 3 rings (SSSR count). The molecule has 0 radical (unpaired) electrons. The molecule has 1 fully saturated rings. The summed E-state index contributed by atoms with van der Waals surface area (Å²) in [7, 11) is 0. The van der Waals surface area contributed by atoms with Crippen LogP contribution in [0.4, 0.5) is 0 Å².